The number of benzene rings is 1. The second-order valence-corrected chi connectivity index (χ2v) is 5.25. The Labute approximate surface area is 118 Å². The highest BCUT2D eigenvalue weighted by Crippen LogP contribution is 2.14. The largest absolute Gasteiger partial charge is 0.497 e. The van der Waals surface area contributed by atoms with Crippen molar-refractivity contribution in [2.45, 2.75) is 6.54 Å². The molecule has 3 rings (SSSR count). The molecule has 5 nitrogen and oxygen atoms in total. The Hall–Kier alpha value is -2.34. The fourth-order valence-corrected chi connectivity index (χ4v) is 2.87. The molecule has 0 fully saturated rings. The van der Waals surface area contributed by atoms with Gasteiger partial charge in [-0.2, -0.15) is 0 Å². The van der Waals surface area contributed by atoms with E-state index in [2.05, 4.69) is 4.98 Å². The third-order valence-corrected chi connectivity index (χ3v) is 3.97. The topological polar surface area (TPSA) is 64.1 Å². The van der Waals surface area contributed by atoms with Gasteiger partial charge < -0.3 is 9.72 Å². The van der Waals surface area contributed by atoms with Crippen molar-refractivity contribution >= 4 is 21.6 Å². The first-order chi connectivity index (χ1) is 9.69. The number of fused-ring (bicyclic) bond motifs is 1. The Morgan fingerprint density at radius 3 is 2.95 bits per heavy atom. The summed E-state index contributed by atoms with van der Waals surface area (Å²) >= 11 is 1.33. The molecule has 102 valence electrons. The molecule has 1 N–H and O–H groups in total. The van der Waals surface area contributed by atoms with Gasteiger partial charge in [-0.15, -0.1) is 11.3 Å². The summed E-state index contributed by atoms with van der Waals surface area (Å²) in [7, 11) is 1.58. The van der Waals surface area contributed by atoms with Crippen molar-refractivity contribution in [2.75, 3.05) is 7.11 Å². The smallest absolute Gasteiger partial charge is 0.329 e. The molecule has 6 heteroatoms. The molecule has 0 bridgehead atoms. The number of methoxy groups -OCH3 is 1. The van der Waals surface area contributed by atoms with Crippen LogP contribution in [0.2, 0.25) is 0 Å². The molecule has 0 amide bonds. The van der Waals surface area contributed by atoms with Gasteiger partial charge in [0.25, 0.3) is 5.56 Å². The lowest BCUT2D eigenvalue weighted by Gasteiger charge is -2.06. The van der Waals surface area contributed by atoms with Crippen LogP contribution in [0.1, 0.15) is 5.56 Å². The number of aromatic nitrogens is 2. The molecule has 0 unspecified atom stereocenters. The van der Waals surface area contributed by atoms with Gasteiger partial charge in [0.05, 0.1) is 19.2 Å². The zero-order valence-corrected chi connectivity index (χ0v) is 11.6. The molecule has 3 aromatic rings. The summed E-state index contributed by atoms with van der Waals surface area (Å²) in [5.41, 5.74) is 0.769. The molecule has 0 radical (unpaired) electrons. The van der Waals surface area contributed by atoms with E-state index >= 15 is 0 Å². The molecule has 2 heterocycles. The fraction of sp³-hybridized carbons (Fsp3) is 0.143. The second-order valence-electron chi connectivity index (χ2n) is 4.34. The summed E-state index contributed by atoms with van der Waals surface area (Å²) in [6.45, 7) is 0.221. The maximum atomic E-state index is 12.3. The first kappa shape index (κ1) is 12.7. The molecule has 20 heavy (non-hydrogen) atoms. The van der Waals surface area contributed by atoms with Crippen LogP contribution in [-0.4, -0.2) is 16.7 Å². The van der Waals surface area contributed by atoms with Gasteiger partial charge in [0.1, 0.15) is 10.4 Å². The summed E-state index contributed by atoms with van der Waals surface area (Å²) < 4.78 is 6.90. The van der Waals surface area contributed by atoms with Crippen molar-refractivity contribution in [1.82, 2.24) is 9.55 Å². The summed E-state index contributed by atoms with van der Waals surface area (Å²) in [6, 6.07) is 9.05. The number of rotatable bonds is 3. The Kier molecular flexibility index (Phi) is 3.15. The predicted molar refractivity (Wildman–Crippen MR) is 78.8 cm³/mol. The minimum absolute atomic E-state index is 0.221. The Bertz CT molecular complexity index is 876. The first-order valence-electron chi connectivity index (χ1n) is 6.02. The van der Waals surface area contributed by atoms with Crippen molar-refractivity contribution < 1.29 is 4.74 Å². The van der Waals surface area contributed by atoms with Crippen LogP contribution < -0.4 is 16.0 Å². The fourth-order valence-electron chi connectivity index (χ4n) is 2.07. The molecule has 0 atom stereocenters. The summed E-state index contributed by atoms with van der Waals surface area (Å²) in [4.78, 5) is 27.0. The van der Waals surface area contributed by atoms with Gasteiger partial charge in [0.15, 0.2) is 0 Å². The number of hydrogen-bond acceptors (Lipinski definition) is 4. The molecule has 0 spiro atoms. The zero-order valence-electron chi connectivity index (χ0n) is 10.8. The highest BCUT2D eigenvalue weighted by Gasteiger charge is 2.09. The molecule has 0 aliphatic heterocycles. The van der Waals surface area contributed by atoms with Crippen molar-refractivity contribution in [1.29, 1.82) is 0 Å². The van der Waals surface area contributed by atoms with Crippen LogP contribution in [0.4, 0.5) is 0 Å². The minimum Gasteiger partial charge on any atom is -0.497 e. The maximum absolute atomic E-state index is 12.3. The highest BCUT2D eigenvalue weighted by atomic mass is 32.1. The molecule has 0 saturated carbocycles. The molecule has 1 aromatic carbocycles. The standard InChI is InChI=1S/C14H12N2O3S/c1-19-10-4-2-3-9(7-10)8-16-13(17)12-11(5-6-20-12)15-14(16)18/h2-7H,8H2,1H3,(H,15,18). The van der Waals surface area contributed by atoms with E-state index in [1.807, 2.05) is 24.3 Å². The Balaban J connectivity index is 2.10. The van der Waals surface area contributed by atoms with Gasteiger partial charge in [-0.25, -0.2) is 4.79 Å². The highest BCUT2D eigenvalue weighted by molar-refractivity contribution is 7.17. The van der Waals surface area contributed by atoms with E-state index in [4.69, 9.17) is 4.74 Å². The van der Waals surface area contributed by atoms with E-state index < -0.39 is 5.69 Å². The van der Waals surface area contributed by atoms with Crippen molar-refractivity contribution in [3.8, 4) is 5.75 Å². The monoisotopic (exact) mass is 288 g/mol. The quantitative estimate of drug-likeness (QED) is 0.799. The van der Waals surface area contributed by atoms with E-state index in [1.165, 1.54) is 15.9 Å². The van der Waals surface area contributed by atoms with Crippen LogP contribution in [0.25, 0.3) is 10.2 Å². The van der Waals surface area contributed by atoms with Crippen LogP contribution in [0.3, 0.4) is 0 Å². The van der Waals surface area contributed by atoms with E-state index in [0.717, 1.165) is 5.56 Å². The second kappa shape index (κ2) is 4.97. The van der Waals surface area contributed by atoms with Gasteiger partial charge in [-0.3, -0.25) is 9.36 Å². The van der Waals surface area contributed by atoms with Gasteiger partial charge in [0, 0.05) is 0 Å². The summed E-state index contributed by atoms with van der Waals surface area (Å²) in [6.07, 6.45) is 0. The summed E-state index contributed by atoms with van der Waals surface area (Å²) in [5.74, 6) is 0.698. The third-order valence-electron chi connectivity index (χ3n) is 3.07. The molecular formula is C14H12N2O3S. The lowest BCUT2D eigenvalue weighted by molar-refractivity contribution is 0.414. The van der Waals surface area contributed by atoms with Crippen LogP contribution >= 0.6 is 11.3 Å². The average molecular weight is 288 g/mol. The normalized spacial score (nSPS) is 10.8. The van der Waals surface area contributed by atoms with Crippen LogP contribution in [-0.2, 0) is 6.54 Å². The van der Waals surface area contributed by atoms with Crippen molar-refractivity contribution in [3.63, 3.8) is 0 Å². The number of thiophene rings is 1. The van der Waals surface area contributed by atoms with Crippen LogP contribution in [0.5, 0.6) is 5.75 Å². The van der Waals surface area contributed by atoms with E-state index in [9.17, 15) is 9.59 Å². The number of nitrogens with one attached hydrogen (secondary N) is 1. The summed E-state index contributed by atoms with van der Waals surface area (Å²) in [5, 5.41) is 1.79. The van der Waals surface area contributed by atoms with Crippen molar-refractivity contribution in [3.05, 3.63) is 62.1 Å². The van der Waals surface area contributed by atoms with Gasteiger partial charge in [-0.05, 0) is 29.1 Å². The van der Waals surface area contributed by atoms with Crippen LogP contribution in [0.15, 0.2) is 45.3 Å². The number of nitrogens with zero attached hydrogens (tertiary/aromatic N) is 1. The van der Waals surface area contributed by atoms with Gasteiger partial charge >= 0.3 is 5.69 Å². The predicted octanol–water partition coefficient (Wildman–Crippen LogP) is 1.81. The SMILES string of the molecule is COc1cccc(Cn2c(=O)[nH]c3ccsc3c2=O)c1. The molecule has 0 saturated heterocycles. The van der Waals surface area contributed by atoms with Crippen molar-refractivity contribution in [2.24, 2.45) is 0 Å². The van der Waals surface area contributed by atoms with Crippen LogP contribution in [0, 0.1) is 0 Å². The maximum Gasteiger partial charge on any atom is 0.329 e. The Morgan fingerprint density at radius 2 is 2.15 bits per heavy atom. The number of aromatic amines is 1. The zero-order chi connectivity index (χ0) is 14.1. The lowest BCUT2D eigenvalue weighted by Crippen LogP contribution is -2.34. The number of H-pyrrole nitrogens is 1. The van der Waals surface area contributed by atoms with E-state index in [0.29, 0.717) is 16.0 Å². The van der Waals surface area contributed by atoms with Gasteiger partial charge in [-0.1, -0.05) is 12.1 Å². The lowest BCUT2D eigenvalue weighted by atomic mass is 10.2. The average Bonchev–Trinajstić information content (AvgIpc) is 2.92. The first-order valence-corrected chi connectivity index (χ1v) is 6.90. The molecule has 2 aromatic heterocycles. The van der Waals surface area contributed by atoms with E-state index in [1.54, 1.807) is 18.6 Å². The Morgan fingerprint density at radius 1 is 1.30 bits per heavy atom. The van der Waals surface area contributed by atoms with E-state index in [-0.39, 0.29) is 12.1 Å². The molecule has 0 aliphatic rings. The van der Waals surface area contributed by atoms with Gasteiger partial charge in [0.2, 0.25) is 0 Å². The third kappa shape index (κ3) is 2.14. The molecule has 0 aliphatic carbocycles. The molecular weight excluding hydrogens is 276 g/mol. The number of ether oxygens (including phenoxy) is 1. The minimum atomic E-state index is -0.399. The number of hydrogen-bond donors (Lipinski definition) is 1.